The van der Waals surface area contributed by atoms with E-state index in [4.69, 9.17) is 15.2 Å². The van der Waals surface area contributed by atoms with Gasteiger partial charge >= 0.3 is 0 Å². The summed E-state index contributed by atoms with van der Waals surface area (Å²) in [5.41, 5.74) is 8.32. The minimum absolute atomic E-state index is 0.239. The monoisotopic (exact) mass is 246 g/mol. The molecule has 0 aliphatic carbocycles. The number of primary amides is 1. The number of hydrogen-bond acceptors (Lipinski definition) is 3. The lowest BCUT2D eigenvalue weighted by molar-refractivity contribution is -0.117. The van der Waals surface area contributed by atoms with Crippen molar-refractivity contribution in [2.24, 2.45) is 12.8 Å². The number of rotatable bonds is 2. The first kappa shape index (κ1) is 11.0. The summed E-state index contributed by atoms with van der Waals surface area (Å²) >= 11 is 0. The zero-order valence-electron chi connectivity index (χ0n) is 10.3. The molecule has 1 amide bonds. The molecule has 5 heteroatoms. The van der Waals surface area contributed by atoms with Gasteiger partial charge in [-0.05, 0) is 18.6 Å². The Morgan fingerprint density at radius 1 is 1.39 bits per heavy atom. The zero-order valence-corrected chi connectivity index (χ0v) is 10.3. The van der Waals surface area contributed by atoms with Gasteiger partial charge in [-0.15, -0.1) is 0 Å². The molecule has 5 nitrogen and oxygen atoms in total. The Kier molecular flexibility index (Phi) is 2.23. The van der Waals surface area contributed by atoms with Crippen molar-refractivity contribution in [2.45, 2.75) is 13.3 Å². The fourth-order valence-electron chi connectivity index (χ4n) is 2.43. The van der Waals surface area contributed by atoms with Gasteiger partial charge in [-0.3, -0.25) is 4.79 Å². The van der Waals surface area contributed by atoms with E-state index in [9.17, 15) is 4.79 Å². The van der Waals surface area contributed by atoms with Gasteiger partial charge in [-0.1, -0.05) is 0 Å². The Bertz CT molecular complexity index is 658. The van der Waals surface area contributed by atoms with Gasteiger partial charge in [0.25, 0.3) is 0 Å². The second-order valence-electron chi connectivity index (χ2n) is 4.49. The molecule has 0 unspecified atom stereocenters. The third kappa shape index (κ3) is 1.44. The maximum Gasteiger partial charge on any atom is 0.231 e. The number of aromatic nitrogens is 1. The number of benzene rings is 1. The van der Waals surface area contributed by atoms with Gasteiger partial charge < -0.3 is 19.8 Å². The first-order chi connectivity index (χ1) is 8.58. The van der Waals surface area contributed by atoms with Crippen molar-refractivity contribution < 1.29 is 14.3 Å². The molecule has 94 valence electrons. The molecule has 2 heterocycles. The second kappa shape index (κ2) is 3.66. The molecule has 2 aromatic rings. The lowest BCUT2D eigenvalue weighted by Gasteiger charge is -2.00. The fraction of sp³-hybridized carbons (Fsp3) is 0.308. The minimum Gasteiger partial charge on any atom is -0.454 e. The van der Waals surface area contributed by atoms with Crippen LogP contribution in [0.2, 0.25) is 0 Å². The molecule has 0 spiro atoms. The molecule has 1 aliphatic heterocycles. The predicted molar refractivity (Wildman–Crippen MR) is 66.7 cm³/mol. The van der Waals surface area contributed by atoms with Gasteiger partial charge in [0.05, 0.1) is 11.9 Å². The van der Waals surface area contributed by atoms with Gasteiger partial charge in [-0.2, -0.15) is 0 Å². The Morgan fingerprint density at radius 2 is 2.06 bits per heavy atom. The number of ether oxygens (including phenoxy) is 2. The number of aryl methyl sites for hydroxylation is 1. The van der Waals surface area contributed by atoms with E-state index >= 15 is 0 Å². The van der Waals surface area contributed by atoms with E-state index in [0.717, 1.165) is 33.7 Å². The summed E-state index contributed by atoms with van der Waals surface area (Å²) in [6.07, 6.45) is 0.239. The number of nitrogens with two attached hydrogens (primary N) is 1. The van der Waals surface area contributed by atoms with E-state index in [1.54, 1.807) is 0 Å². The summed E-state index contributed by atoms with van der Waals surface area (Å²) in [4.78, 5) is 11.2. The molecule has 18 heavy (non-hydrogen) atoms. The summed E-state index contributed by atoms with van der Waals surface area (Å²) in [7, 11) is 1.96. The van der Waals surface area contributed by atoms with E-state index in [0.29, 0.717) is 0 Å². The normalized spacial score (nSPS) is 13.2. The van der Waals surface area contributed by atoms with Crippen LogP contribution in [0.15, 0.2) is 12.1 Å². The first-order valence-electron chi connectivity index (χ1n) is 5.73. The number of hydrogen-bond donors (Lipinski definition) is 1. The van der Waals surface area contributed by atoms with Gasteiger partial charge in [0.2, 0.25) is 12.7 Å². The summed E-state index contributed by atoms with van der Waals surface area (Å²) in [6.45, 7) is 2.22. The first-order valence-corrected chi connectivity index (χ1v) is 5.73. The van der Waals surface area contributed by atoms with Gasteiger partial charge in [-0.25, -0.2) is 0 Å². The van der Waals surface area contributed by atoms with Crippen molar-refractivity contribution in [2.75, 3.05) is 6.79 Å². The van der Waals surface area contributed by atoms with E-state index in [1.165, 1.54) is 0 Å². The Balaban J connectivity index is 2.29. The average Bonchev–Trinajstić information content (AvgIpc) is 2.86. The molecule has 0 radical (unpaired) electrons. The van der Waals surface area contributed by atoms with Gasteiger partial charge in [0.15, 0.2) is 11.5 Å². The summed E-state index contributed by atoms with van der Waals surface area (Å²) in [5, 5.41) is 0.998. The highest BCUT2D eigenvalue weighted by molar-refractivity contribution is 5.92. The number of carbonyl (C=O) groups is 1. The molecule has 0 atom stereocenters. The highest BCUT2D eigenvalue weighted by Crippen LogP contribution is 2.38. The van der Waals surface area contributed by atoms with Crippen LogP contribution in [0.4, 0.5) is 0 Å². The van der Waals surface area contributed by atoms with Crippen LogP contribution in [0.1, 0.15) is 11.3 Å². The lowest BCUT2D eigenvalue weighted by atomic mass is 10.1. The van der Waals surface area contributed by atoms with Crippen LogP contribution < -0.4 is 15.2 Å². The highest BCUT2D eigenvalue weighted by atomic mass is 16.7. The molecule has 2 N–H and O–H groups in total. The number of nitrogens with zero attached hydrogens (tertiary/aromatic N) is 1. The predicted octanol–water partition coefficient (Wildman–Crippen LogP) is 1.24. The molecule has 0 saturated heterocycles. The topological polar surface area (TPSA) is 66.5 Å². The van der Waals surface area contributed by atoms with E-state index in [-0.39, 0.29) is 19.1 Å². The minimum atomic E-state index is -0.330. The maximum atomic E-state index is 11.2. The fourth-order valence-corrected chi connectivity index (χ4v) is 2.43. The summed E-state index contributed by atoms with van der Waals surface area (Å²) in [6, 6.07) is 3.86. The van der Waals surface area contributed by atoms with Crippen molar-refractivity contribution in [3.63, 3.8) is 0 Å². The van der Waals surface area contributed by atoms with Crippen molar-refractivity contribution in [3.8, 4) is 11.5 Å². The highest BCUT2D eigenvalue weighted by Gasteiger charge is 2.20. The average molecular weight is 246 g/mol. The molecule has 1 aromatic carbocycles. The molecule has 1 aliphatic rings. The molecule has 0 bridgehead atoms. The van der Waals surface area contributed by atoms with Crippen LogP contribution in [0.5, 0.6) is 11.5 Å². The van der Waals surface area contributed by atoms with E-state index in [1.807, 2.05) is 30.7 Å². The Labute approximate surface area is 104 Å². The maximum absolute atomic E-state index is 11.2. The van der Waals surface area contributed by atoms with Gasteiger partial charge in [0, 0.05) is 24.2 Å². The molecular formula is C13H14N2O3. The number of fused-ring (bicyclic) bond motifs is 2. The third-order valence-corrected chi connectivity index (χ3v) is 3.47. The molecule has 0 saturated carbocycles. The summed E-state index contributed by atoms with van der Waals surface area (Å²) < 4.78 is 12.8. The number of amides is 1. The quantitative estimate of drug-likeness (QED) is 0.867. The van der Waals surface area contributed by atoms with Crippen LogP contribution in [-0.4, -0.2) is 17.3 Å². The largest absolute Gasteiger partial charge is 0.454 e. The van der Waals surface area contributed by atoms with Crippen LogP contribution in [0.3, 0.4) is 0 Å². The smallest absolute Gasteiger partial charge is 0.231 e. The van der Waals surface area contributed by atoms with Crippen molar-refractivity contribution in [3.05, 3.63) is 23.4 Å². The third-order valence-electron chi connectivity index (χ3n) is 3.47. The Morgan fingerprint density at radius 3 is 2.72 bits per heavy atom. The second-order valence-corrected chi connectivity index (χ2v) is 4.49. The van der Waals surface area contributed by atoms with Crippen molar-refractivity contribution in [1.29, 1.82) is 0 Å². The van der Waals surface area contributed by atoms with E-state index in [2.05, 4.69) is 0 Å². The van der Waals surface area contributed by atoms with Crippen LogP contribution >= 0.6 is 0 Å². The molecule has 0 fully saturated rings. The van der Waals surface area contributed by atoms with Crippen molar-refractivity contribution in [1.82, 2.24) is 4.57 Å². The van der Waals surface area contributed by atoms with E-state index < -0.39 is 0 Å². The zero-order chi connectivity index (χ0) is 12.9. The van der Waals surface area contributed by atoms with Crippen LogP contribution in [0.25, 0.3) is 10.9 Å². The number of carbonyl (C=O) groups excluding carboxylic acids is 1. The van der Waals surface area contributed by atoms with Gasteiger partial charge in [0.1, 0.15) is 0 Å². The standard InChI is InChI=1S/C13H14N2O3/c1-7-8(4-13(14)16)9-3-11-12(18-6-17-11)5-10(9)15(7)2/h3,5H,4,6H2,1-2H3,(H2,14,16). The molecule has 1 aromatic heterocycles. The summed E-state index contributed by atoms with van der Waals surface area (Å²) in [5.74, 6) is 1.14. The molecular weight excluding hydrogens is 232 g/mol. The van der Waals surface area contributed by atoms with Crippen LogP contribution in [0, 0.1) is 6.92 Å². The SMILES string of the molecule is Cc1c(CC(N)=O)c2cc3c(cc2n1C)OCO3. The lowest BCUT2D eigenvalue weighted by Crippen LogP contribution is -2.14. The van der Waals surface area contributed by atoms with Crippen LogP contribution in [-0.2, 0) is 18.3 Å². The molecule has 3 rings (SSSR count). The Hall–Kier alpha value is -2.17. The van der Waals surface area contributed by atoms with Crippen molar-refractivity contribution >= 4 is 16.8 Å².